The van der Waals surface area contributed by atoms with Crippen molar-refractivity contribution in [2.75, 3.05) is 0 Å². The molecule has 0 spiro atoms. The summed E-state index contributed by atoms with van der Waals surface area (Å²) < 4.78 is 0. The number of hydrogen-bond acceptors (Lipinski definition) is 0. The van der Waals surface area contributed by atoms with E-state index < -0.39 is 0 Å². The van der Waals surface area contributed by atoms with Crippen LogP contribution in [0, 0.1) is 0 Å². The monoisotopic (exact) mass is 489 g/mol. The van der Waals surface area contributed by atoms with Crippen LogP contribution >= 0.6 is 0 Å². The molecule has 4 aromatic rings. The van der Waals surface area contributed by atoms with Gasteiger partial charge in [0.1, 0.15) is 0 Å². The molecule has 1 radical (unpaired) electrons. The predicted octanol–water partition coefficient (Wildman–Crippen LogP) is 0.681. The van der Waals surface area contributed by atoms with E-state index in [-0.39, 0.29) is 51.0 Å². The predicted molar refractivity (Wildman–Crippen MR) is 111 cm³/mol. The number of halogens is 2. The van der Waals surface area contributed by atoms with Crippen LogP contribution < -0.4 is 24.8 Å². The molecular weight excluding hydrogens is 474 g/mol. The summed E-state index contributed by atoms with van der Waals surface area (Å²) >= 11 is 0. The minimum Gasteiger partial charge on any atom is -1.00 e. The van der Waals surface area contributed by atoms with Crippen molar-refractivity contribution in [3.63, 3.8) is 0 Å². The second kappa shape index (κ2) is 8.52. The largest absolute Gasteiger partial charge is 3.00 e. The molecule has 2 aliphatic rings. The first-order chi connectivity index (χ1) is 12.9. The summed E-state index contributed by atoms with van der Waals surface area (Å²) in [6, 6.07) is 26.5. The van der Waals surface area contributed by atoms with E-state index in [2.05, 4.69) is 91.0 Å². The third kappa shape index (κ3) is 3.40. The van der Waals surface area contributed by atoms with Crippen molar-refractivity contribution in [2.45, 2.75) is 6.42 Å². The Morgan fingerprint density at radius 2 is 1.41 bits per heavy atom. The zero-order valence-electron chi connectivity index (χ0n) is 15.6. The van der Waals surface area contributed by atoms with Crippen LogP contribution in [0.3, 0.4) is 0 Å². The molecule has 0 aliphatic heterocycles. The number of allylic oxidation sites excluding steroid dienone is 6. The second-order valence-corrected chi connectivity index (χ2v) is 7.18. The van der Waals surface area contributed by atoms with Crippen molar-refractivity contribution in [1.29, 1.82) is 0 Å². The molecule has 0 atom stereocenters. The number of rotatable bonds is 1. The van der Waals surface area contributed by atoms with Crippen molar-refractivity contribution < 1.29 is 51.0 Å². The van der Waals surface area contributed by atoms with Gasteiger partial charge in [0.25, 0.3) is 0 Å². The van der Waals surface area contributed by atoms with Crippen LogP contribution in [-0.4, -0.2) is 0 Å². The van der Waals surface area contributed by atoms with Crippen LogP contribution in [0.25, 0.3) is 32.7 Å². The second-order valence-electron chi connectivity index (χ2n) is 7.18. The summed E-state index contributed by atoms with van der Waals surface area (Å²) in [4.78, 5) is 0. The van der Waals surface area contributed by atoms with Gasteiger partial charge in [-0.15, -0.1) is 34.5 Å². The quantitative estimate of drug-likeness (QED) is 0.344. The zero-order valence-corrected chi connectivity index (χ0v) is 19.6. The van der Waals surface area contributed by atoms with Gasteiger partial charge < -0.3 is 24.8 Å². The zero-order chi connectivity index (χ0) is 17.1. The molecule has 0 bridgehead atoms. The van der Waals surface area contributed by atoms with Crippen LogP contribution in [-0.2, 0) is 32.6 Å². The van der Waals surface area contributed by atoms with Crippen LogP contribution in [0.4, 0.5) is 0 Å². The van der Waals surface area contributed by atoms with Crippen molar-refractivity contribution in [1.82, 2.24) is 0 Å². The maximum absolute atomic E-state index is 2.40. The van der Waals surface area contributed by atoms with Crippen molar-refractivity contribution in [2.24, 2.45) is 0 Å². The van der Waals surface area contributed by atoms with Gasteiger partial charge in [-0.05, 0) is 39.5 Å². The van der Waals surface area contributed by atoms with E-state index in [4.69, 9.17) is 0 Å². The molecule has 0 saturated heterocycles. The first-order valence-corrected chi connectivity index (χ1v) is 9.18. The Balaban J connectivity index is 0.000000801. The van der Waals surface area contributed by atoms with E-state index in [0.29, 0.717) is 0 Å². The van der Waals surface area contributed by atoms with Crippen molar-refractivity contribution in [3.8, 4) is 0 Å². The molecule has 0 unspecified atom stereocenters. The Kier molecular flexibility index (Phi) is 6.44. The third-order valence-electron chi connectivity index (χ3n) is 5.74. The summed E-state index contributed by atoms with van der Waals surface area (Å²) in [5, 5.41) is 5.32. The minimum absolute atomic E-state index is 0. The summed E-state index contributed by atoms with van der Waals surface area (Å²) in [5.41, 5.74) is 8.30. The van der Waals surface area contributed by atoms with E-state index in [1.807, 2.05) is 0 Å². The van der Waals surface area contributed by atoms with Gasteiger partial charge in [0.05, 0.1) is 0 Å². The van der Waals surface area contributed by atoms with E-state index in [9.17, 15) is 0 Å². The van der Waals surface area contributed by atoms with Gasteiger partial charge in [-0.1, -0.05) is 78.4 Å². The standard InChI is InChI=1S/C26H17.2ClH.Zr/c1-2-7-20-16-21(15-19(20)6-1)22-13-14-25-24(22)12-11-18-10-9-17-5-3-4-8-23(17)26(18)25;;;/h1-10,12-16H,11H2;2*1H;/q-1;;;+3/p-2. The van der Waals surface area contributed by atoms with Crippen LogP contribution in [0.5, 0.6) is 0 Å². The normalized spacial score (nSPS) is 13.9. The molecule has 3 heteroatoms. The fourth-order valence-corrected chi connectivity index (χ4v) is 4.50. The molecule has 139 valence electrons. The van der Waals surface area contributed by atoms with Gasteiger partial charge >= 0.3 is 26.2 Å². The van der Waals surface area contributed by atoms with Gasteiger partial charge in [-0.25, -0.2) is 0 Å². The van der Waals surface area contributed by atoms with Crippen molar-refractivity contribution in [3.05, 3.63) is 113 Å². The number of benzene rings is 3. The van der Waals surface area contributed by atoms with Crippen molar-refractivity contribution >= 4 is 32.7 Å². The van der Waals surface area contributed by atoms with E-state index in [1.165, 1.54) is 55.0 Å². The van der Waals surface area contributed by atoms with Gasteiger partial charge in [-0.3, -0.25) is 0 Å². The fourth-order valence-electron chi connectivity index (χ4n) is 4.50. The molecule has 29 heavy (non-hydrogen) atoms. The molecule has 4 aromatic carbocycles. The SMILES string of the molecule is C1=C2C(c3cc4ccccc4[cH-]3)=CC=C2c2c(ccc3ccccc23)C1.[Cl-].[Cl-].[Zr+3]. The smallest absolute Gasteiger partial charge is 1.00 e. The molecule has 2 aliphatic carbocycles. The van der Waals surface area contributed by atoms with Crippen LogP contribution in [0.2, 0.25) is 0 Å². The van der Waals surface area contributed by atoms with Gasteiger partial charge in [-0.2, -0.15) is 0 Å². The Morgan fingerprint density at radius 1 is 0.690 bits per heavy atom. The van der Waals surface area contributed by atoms with E-state index in [1.54, 1.807) is 0 Å². The summed E-state index contributed by atoms with van der Waals surface area (Å²) in [6.45, 7) is 0. The first-order valence-electron chi connectivity index (χ1n) is 9.18. The van der Waals surface area contributed by atoms with E-state index in [0.717, 1.165) is 6.42 Å². The summed E-state index contributed by atoms with van der Waals surface area (Å²) in [7, 11) is 0. The number of hydrogen-bond donors (Lipinski definition) is 0. The minimum atomic E-state index is 0. The molecule has 0 aromatic heterocycles. The number of fused-ring (bicyclic) bond motifs is 6. The molecule has 0 nitrogen and oxygen atoms in total. The average molecular weight is 492 g/mol. The van der Waals surface area contributed by atoms with Gasteiger partial charge in [0, 0.05) is 0 Å². The fraction of sp³-hybridized carbons (Fsp3) is 0.0385. The molecule has 0 saturated carbocycles. The Bertz CT molecular complexity index is 1270. The molecule has 0 fully saturated rings. The molecule has 0 amide bonds. The topological polar surface area (TPSA) is 0 Å². The summed E-state index contributed by atoms with van der Waals surface area (Å²) in [5.74, 6) is 0. The van der Waals surface area contributed by atoms with E-state index >= 15 is 0 Å². The van der Waals surface area contributed by atoms with Gasteiger partial charge in [0.15, 0.2) is 0 Å². The molecule has 6 rings (SSSR count). The van der Waals surface area contributed by atoms with Crippen LogP contribution in [0.1, 0.15) is 16.7 Å². The first kappa shape index (κ1) is 21.9. The molecule has 0 heterocycles. The summed E-state index contributed by atoms with van der Waals surface area (Å²) in [6.07, 6.45) is 8.01. The Morgan fingerprint density at radius 3 is 2.24 bits per heavy atom. The third-order valence-corrected chi connectivity index (χ3v) is 5.74. The Hall–Kier alpha value is -1.79. The maximum atomic E-state index is 2.40. The maximum Gasteiger partial charge on any atom is 3.00 e. The molecular formula is C26H17Cl2Zr. The molecule has 0 N–H and O–H groups in total. The van der Waals surface area contributed by atoms with Crippen LogP contribution in [0.15, 0.2) is 96.6 Å². The Labute approximate surface area is 202 Å². The van der Waals surface area contributed by atoms with Gasteiger partial charge in [0.2, 0.25) is 0 Å². The average Bonchev–Trinajstić information content (AvgIpc) is 3.31.